The van der Waals surface area contributed by atoms with Crippen LogP contribution in [0.1, 0.15) is 104 Å². The van der Waals surface area contributed by atoms with E-state index in [2.05, 4.69) is 24.1 Å². The van der Waals surface area contributed by atoms with Crippen LogP contribution in [0.3, 0.4) is 0 Å². The van der Waals surface area contributed by atoms with E-state index in [0.29, 0.717) is 24.3 Å². The molecule has 0 spiro atoms. The summed E-state index contributed by atoms with van der Waals surface area (Å²) in [5.41, 5.74) is -0.177. The Morgan fingerprint density at radius 1 is 1.00 bits per heavy atom. The summed E-state index contributed by atoms with van der Waals surface area (Å²) in [7, 11) is 0. The van der Waals surface area contributed by atoms with Crippen LogP contribution in [0, 0.1) is 22.7 Å². The second kappa shape index (κ2) is 8.73. The summed E-state index contributed by atoms with van der Waals surface area (Å²) in [5.74, 6) is 1.69. The molecule has 4 fully saturated rings. The standard InChI is InChI=1S/C26H46N2O2/c1-24(2)18-22(27-19-20-9-5-4-6-10-20)26(14-13-25(3,30)17-21(24)26)12-11-23(29)28-15-7-8-16-28/h20-22,27,30H,4-19H2,1-3H3/t21-,22-,25-,26-/m0/s1. The van der Waals surface area contributed by atoms with Gasteiger partial charge in [0, 0.05) is 25.6 Å². The van der Waals surface area contributed by atoms with Crippen LogP contribution in [0.15, 0.2) is 0 Å². The lowest BCUT2D eigenvalue weighted by Gasteiger charge is -2.51. The van der Waals surface area contributed by atoms with E-state index in [1.165, 1.54) is 51.4 Å². The molecule has 0 aromatic rings. The maximum Gasteiger partial charge on any atom is 0.222 e. The summed E-state index contributed by atoms with van der Waals surface area (Å²) in [6.45, 7) is 9.92. The highest BCUT2D eigenvalue weighted by Gasteiger charge is 2.61. The average molecular weight is 419 g/mol. The Kier molecular flexibility index (Phi) is 6.57. The van der Waals surface area contributed by atoms with Gasteiger partial charge in [0.05, 0.1) is 5.60 Å². The monoisotopic (exact) mass is 418 g/mol. The Labute approximate surface area is 184 Å². The lowest BCUT2D eigenvalue weighted by atomic mass is 9.57. The molecule has 4 aliphatic rings. The quantitative estimate of drug-likeness (QED) is 0.645. The minimum atomic E-state index is -0.553. The average Bonchev–Trinajstić information content (AvgIpc) is 3.31. The van der Waals surface area contributed by atoms with Gasteiger partial charge in [-0.1, -0.05) is 33.1 Å². The molecular formula is C26H46N2O2. The Balaban J connectivity index is 1.50. The number of carbonyl (C=O) groups excluding carboxylic acids is 1. The number of carbonyl (C=O) groups is 1. The van der Waals surface area contributed by atoms with E-state index in [1.54, 1.807) is 0 Å². The summed E-state index contributed by atoms with van der Waals surface area (Å²) in [6, 6.07) is 0.488. The number of nitrogens with zero attached hydrogens (tertiary/aromatic N) is 1. The molecule has 1 amide bonds. The minimum Gasteiger partial charge on any atom is -0.390 e. The third-order valence-electron chi connectivity index (χ3n) is 9.48. The summed E-state index contributed by atoms with van der Waals surface area (Å²) >= 11 is 0. The number of rotatable bonds is 6. The second-order valence-electron chi connectivity index (χ2n) is 12.2. The van der Waals surface area contributed by atoms with Crippen LogP contribution in [-0.4, -0.2) is 47.2 Å². The number of amides is 1. The first-order chi connectivity index (χ1) is 14.2. The fraction of sp³-hybridized carbons (Fsp3) is 0.962. The van der Waals surface area contributed by atoms with Gasteiger partial charge < -0.3 is 15.3 Å². The molecule has 4 heteroatoms. The summed E-state index contributed by atoms with van der Waals surface area (Å²) in [6.07, 6.45) is 15.0. The van der Waals surface area contributed by atoms with Gasteiger partial charge in [0.25, 0.3) is 0 Å². The van der Waals surface area contributed by atoms with E-state index in [4.69, 9.17) is 0 Å². The first-order valence-corrected chi connectivity index (χ1v) is 13.0. The molecule has 3 aliphatic carbocycles. The predicted octanol–water partition coefficient (Wildman–Crippen LogP) is 4.89. The molecule has 4 rings (SSSR count). The van der Waals surface area contributed by atoms with E-state index >= 15 is 0 Å². The molecule has 0 aromatic carbocycles. The molecule has 0 unspecified atom stereocenters. The number of hydrogen-bond donors (Lipinski definition) is 2. The highest BCUT2D eigenvalue weighted by atomic mass is 16.3. The van der Waals surface area contributed by atoms with Gasteiger partial charge in [-0.05, 0) is 93.9 Å². The van der Waals surface area contributed by atoms with Gasteiger partial charge in [0.15, 0.2) is 0 Å². The van der Waals surface area contributed by atoms with Crippen molar-refractivity contribution in [1.29, 1.82) is 0 Å². The summed E-state index contributed by atoms with van der Waals surface area (Å²) in [4.78, 5) is 15.0. The second-order valence-corrected chi connectivity index (χ2v) is 12.2. The van der Waals surface area contributed by atoms with Crippen molar-refractivity contribution >= 4 is 5.91 Å². The molecule has 0 bridgehead atoms. The van der Waals surface area contributed by atoms with Gasteiger partial charge >= 0.3 is 0 Å². The van der Waals surface area contributed by atoms with E-state index < -0.39 is 5.60 Å². The van der Waals surface area contributed by atoms with Gasteiger partial charge in [-0.25, -0.2) is 0 Å². The Bertz CT molecular complexity index is 604. The number of fused-ring (bicyclic) bond motifs is 1. The van der Waals surface area contributed by atoms with Crippen LogP contribution < -0.4 is 5.32 Å². The van der Waals surface area contributed by atoms with Crippen molar-refractivity contribution in [2.24, 2.45) is 22.7 Å². The van der Waals surface area contributed by atoms with E-state index in [-0.39, 0.29) is 10.8 Å². The SMILES string of the molecule is CC1(C)C[C@H](NCC2CCCCC2)[C@@]2(CCC(=O)N3CCCC3)CC[C@](C)(O)C[C@@H]12. The van der Waals surface area contributed by atoms with Crippen LogP contribution in [0.5, 0.6) is 0 Å². The summed E-state index contributed by atoms with van der Waals surface area (Å²) < 4.78 is 0. The zero-order valence-corrected chi connectivity index (χ0v) is 19.8. The lowest BCUT2D eigenvalue weighted by Crippen LogP contribution is -2.52. The van der Waals surface area contributed by atoms with E-state index in [1.807, 2.05) is 6.92 Å². The lowest BCUT2D eigenvalue weighted by molar-refractivity contribution is -0.132. The fourth-order valence-electron chi connectivity index (χ4n) is 7.68. The first kappa shape index (κ1) is 22.6. The Morgan fingerprint density at radius 3 is 2.40 bits per heavy atom. The van der Waals surface area contributed by atoms with Crippen molar-refractivity contribution in [3.63, 3.8) is 0 Å². The van der Waals surface area contributed by atoms with Gasteiger partial charge in [-0.3, -0.25) is 4.79 Å². The normalized spacial score (nSPS) is 39.3. The van der Waals surface area contributed by atoms with Gasteiger partial charge in [-0.2, -0.15) is 0 Å². The molecule has 30 heavy (non-hydrogen) atoms. The third kappa shape index (κ3) is 4.60. The van der Waals surface area contributed by atoms with Crippen LogP contribution in [-0.2, 0) is 4.79 Å². The van der Waals surface area contributed by atoms with Crippen molar-refractivity contribution in [2.45, 2.75) is 116 Å². The first-order valence-electron chi connectivity index (χ1n) is 13.0. The molecule has 172 valence electrons. The maximum absolute atomic E-state index is 12.9. The molecule has 0 radical (unpaired) electrons. The topological polar surface area (TPSA) is 52.6 Å². The molecule has 2 N–H and O–H groups in total. The maximum atomic E-state index is 12.9. The van der Waals surface area contributed by atoms with E-state index in [0.717, 1.165) is 51.2 Å². The van der Waals surface area contributed by atoms with Crippen molar-refractivity contribution in [3.8, 4) is 0 Å². The molecule has 1 saturated heterocycles. The van der Waals surface area contributed by atoms with Crippen LogP contribution in [0.25, 0.3) is 0 Å². The summed E-state index contributed by atoms with van der Waals surface area (Å²) in [5, 5.41) is 15.0. The minimum absolute atomic E-state index is 0.162. The van der Waals surface area contributed by atoms with Gasteiger partial charge in [0.2, 0.25) is 5.91 Å². The number of aliphatic hydroxyl groups is 1. The van der Waals surface area contributed by atoms with Crippen molar-refractivity contribution in [2.75, 3.05) is 19.6 Å². The molecule has 4 atom stereocenters. The Morgan fingerprint density at radius 2 is 1.70 bits per heavy atom. The van der Waals surface area contributed by atoms with Crippen LogP contribution >= 0.6 is 0 Å². The largest absolute Gasteiger partial charge is 0.390 e. The molecule has 0 aromatic heterocycles. The van der Waals surface area contributed by atoms with E-state index in [9.17, 15) is 9.90 Å². The molecular weight excluding hydrogens is 372 g/mol. The van der Waals surface area contributed by atoms with Crippen molar-refractivity contribution in [3.05, 3.63) is 0 Å². The van der Waals surface area contributed by atoms with Crippen molar-refractivity contribution in [1.82, 2.24) is 10.2 Å². The number of likely N-dealkylation sites (tertiary alicyclic amines) is 1. The smallest absolute Gasteiger partial charge is 0.222 e. The van der Waals surface area contributed by atoms with Crippen molar-refractivity contribution < 1.29 is 9.90 Å². The van der Waals surface area contributed by atoms with Gasteiger partial charge in [-0.15, -0.1) is 0 Å². The third-order valence-corrected chi connectivity index (χ3v) is 9.48. The van der Waals surface area contributed by atoms with Crippen LogP contribution in [0.4, 0.5) is 0 Å². The van der Waals surface area contributed by atoms with Gasteiger partial charge in [0.1, 0.15) is 0 Å². The number of nitrogens with one attached hydrogen (secondary N) is 1. The number of hydrogen-bond acceptors (Lipinski definition) is 3. The Hall–Kier alpha value is -0.610. The molecule has 4 nitrogen and oxygen atoms in total. The zero-order chi connectivity index (χ0) is 21.4. The fourth-order valence-corrected chi connectivity index (χ4v) is 7.68. The molecule has 1 aliphatic heterocycles. The van der Waals surface area contributed by atoms with Crippen LogP contribution in [0.2, 0.25) is 0 Å². The highest BCUT2D eigenvalue weighted by Crippen LogP contribution is 2.64. The highest BCUT2D eigenvalue weighted by molar-refractivity contribution is 5.76. The predicted molar refractivity (Wildman–Crippen MR) is 122 cm³/mol. The molecule has 1 heterocycles. The zero-order valence-electron chi connectivity index (χ0n) is 19.8. The molecule has 3 saturated carbocycles.